The lowest BCUT2D eigenvalue weighted by Crippen LogP contribution is -2.32. The summed E-state index contributed by atoms with van der Waals surface area (Å²) in [6.45, 7) is 1.69. The number of amides is 1. The van der Waals surface area contributed by atoms with Crippen molar-refractivity contribution in [2.45, 2.75) is 18.5 Å². The van der Waals surface area contributed by atoms with Gasteiger partial charge in [-0.25, -0.2) is 0 Å². The zero-order valence-corrected chi connectivity index (χ0v) is 11.0. The van der Waals surface area contributed by atoms with Crippen molar-refractivity contribution in [2.75, 3.05) is 5.32 Å². The third-order valence-corrected chi connectivity index (χ3v) is 3.85. The first-order valence-corrected chi connectivity index (χ1v) is 6.27. The van der Waals surface area contributed by atoms with Crippen molar-refractivity contribution in [2.24, 2.45) is 0 Å². The van der Waals surface area contributed by atoms with E-state index in [1.807, 2.05) is 0 Å². The average molecular weight is 292 g/mol. The van der Waals surface area contributed by atoms with Crippen molar-refractivity contribution in [1.29, 1.82) is 0 Å². The number of halogens is 3. The highest BCUT2D eigenvalue weighted by Gasteiger charge is 2.45. The van der Waals surface area contributed by atoms with Crippen LogP contribution in [0.3, 0.4) is 0 Å². The van der Waals surface area contributed by atoms with Crippen LogP contribution in [0.15, 0.2) is 42.7 Å². The highest BCUT2D eigenvalue weighted by molar-refractivity contribution is 6.08. The van der Waals surface area contributed by atoms with Crippen LogP contribution in [0.1, 0.15) is 23.6 Å². The van der Waals surface area contributed by atoms with Crippen LogP contribution in [0.5, 0.6) is 0 Å². The molecular weight excluding hydrogens is 281 g/mol. The Morgan fingerprint density at radius 1 is 1.14 bits per heavy atom. The number of nitrogens with zero attached hydrogens (tertiary/aromatic N) is 1. The van der Waals surface area contributed by atoms with Gasteiger partial charge in [0, 0.05) is 18.1 Å². The molecule has 1 amide bonds. The average Bonchev–Trinajstić information content (AvgIpc) is 2.71. The molecule has 0 spiro atoms. The fraction of sp³-hybridized carbons (Fsp3) is 0.200. The molecule has 2 heterocycles. The van der Waals surface area contributed by atoms with Crippen LogP contribution in [-0.2, 0) is 16.4 Å². The third kappa shape index (κ3) is 1.98. The molecule has 21 heavy (non-hydrogen) atoms. The van der Waals surface area contributed by atoms with E-state index in [1.165, 1.54) is 6.07 Å². The molecule has 0 bridgehead atoms. The maximum atomic E-state index is 12.7. The molecule has 0 aliphatic carbocycles. The van der Waals surface area contributed by atoms with Gasteiger partial charge in [-0.05, 0) is 42.3 Å². The number of aromatic nitrogens is 1. The van der Waals surface area contributed by atoms with E-state index >= 15 is 0 Å². The summed E-state index contributed by atoms with van der Waals surface area (Å²) >= 11 is 0. The van der Waals surface area contributed by atoms with Gasteiger partial charge < -0.3 is 5.32 Å². The van der Waals surface area contributed by atoms with Gasteiger partial charge >= 0.3 is 6.18 Å². The summed E-state index contributed by atoms with van der Waals surface area (Å²) in [5.74, 6) is -0.344. The molecule has 1 aromatic carbocycles. The molecule has 1 aromatic heterocycles. The minimum atomic E-state index is -4.44. The van der Waals surface area contributed by atoms with E-state index in [0.717, 1.165) is 12.1 Å². The number of fused-ring (bicyclic) bond motifs is 1. The standard InChI is InChI=1S/C15H11F3N2O/c1-14(9-4-6-19-7-5-9)11-3-2-10(15(16,17)18)8-12(11)20-13(14)21/h2-8H,1H3,(H,20,21)/t14-/m0/s1. The van der Waals surface area contributed by atoms with Gasteiger partial charge in [0.05, 0.1) is 11.0 Å². The van der Waals surface area contributed by atoms with Crippen LogP contribution in [0.25, 0.3) is 0 Å². The fourth-order valence-electron chi connectivity index (χ4n) is 2.60. The van der Waals surface area contributed by atoms with Crippen molar-refractivity contribution in [3.8, 4) is 0 Å². The molecule has 1 N–H and O–H groups in total. The molecule has 2 aromatic rings. The summed E-state index contributed by atoms with van der Waals surface area (Å²) in [5, 5.41) is 2.54. The number of carbonyl (C=O) groups excluding carboxylic acids is 1. The minimum absolute atomic E-state index is 0.203. The second kappa shape index (κ2) is 4.31. The molecule has 3 rings (SSSR count). The number of alkyl halides is 3. The SMILES string of the molecule is C[C@@]1(c2ccncc2)C(=O)Nc2cc(C(F)(F)F)ccc21. The Balaban J connectivity index is 2.16. The van der Waals surface area contributed by atoms with Gasteiger partial charge in [0.25, 0.3) is 0 Å². The van der Waals surface area contributed by atoms with E-state index in [2.05, 4.69) is 10.3 Å². The van der Waals surface area contributed by atoms with Gasteiger partial charge in [-0.2, -0.15) is 13.2 Å². The van der Waals surface area contributed by atoms with Crippen LogP contribution in [0.4, 0.5) is 18.9 Å². The Morgan fingerprint density at radius 2 is 1.81 bits per heavy atom. The first-order chi connectivity index (χ1) is 9.83. The molecule has 3 nitrogen and oxygen atoms in total. The molecular formula is C15H11F3N2O. The van der Waals surface area contributed by atoms with Crippen molar-refractivity contribution in [1.82, 2.24) is 4.98 Å². The minimum Gasteiger partial charge on any atom is -0.325 e. The number of rotatable bonds is 1. The molecule has 0 unspecified atom stereocenters. The molecule has 0 saturated carbocycles. The van der Waals surface area contributed by atoms with E-state index < -0.39 is 17.2 Å². The predicted molar refractivity (Wildman–Crippen MR) is 70.8 cm³/mol. The maximum Gasteiger partial charge on any atom is 0.416 e. The van der Waals surface area contributed by atoms with Gasteiger partial charge in [0.2, 0.25) is 5.91 Å². The monoisotopic (exact) mass is 292 g/mol. The molecule has 1 atom stereocenters. The highest BCUT2D eigenvalue weighted by Crippen LogP contribution is 2.44. The van der Waals surface area contributed by atoms with Crippen LogP contribution < -0.4 is 5.32 Å². The van der Waals surface area contributed by atoms with Gasteiger partial charge in [-0.15, -0.1) is 0 Å². The van der Waals surface area contributed by atoms with E-state index in [1.54, 1.807) is 31.5 Å². The quantitative estimate of drug-likeness (QED) is 0.875. The molecule has 0 saturated heterocycles. The maximum absolute atomic E-state index is 12.7. The number of carbonyl (C=O) groups is 1. The van der Waals surface area contributed by atoms with E-state index in [9.17, 15) is 18.0 Å². The number of hydrogen-bond donors (Lipinski definition) is 1. The smallest absolute Gasteiger partial charge is 0.325 e. The lowest BCUT2D eigenvalue weighted by Gasteiger charge is -2.22. The number of anilines is 1. The zero-order valence-electron chi connectivity index (χ0n) is 11.0. The number of hydrogen-bond acceptors (Lipinski definition) is 2. The summed E-state index contributed by atoms with van der Waals surface area (Å²) in [5.41, 5.74) is -0.363. The van der Waals surface area contributed by atoms with Crippen LogP contribution in [0, 0.1) is 0 Å². The third-order valence-electron chi connectivity index (χ3n) is 3.85. The van der Waals surface area contributed by atoms with Crippen molar-refractivity contribution < 1.29 is 18.0 Å². The molecule has 0 radical (unpaired) electrons. The molecule has 1 aliphatic heterocycles. The van der Waals surface area contributed by atoms with Crippen LogP contribution >= 0.6 is 0 Å². The summed E-state index contributed by atoms with van der Waals surface area (Å²) in [6.07, 6.45) is -1.33. The topological polar surface area (TPSA) is 42.0 Å². The van der Waals surface area contributed by atoms with Crippen LogP contribution in [-0.4, -0.2) is 10.9 Å². The lowest BCUT2D eigenvalue weighted by molar-refractivity contribution is -0.137. The molecule has 1 aliphatic rings. The van der Waals surface area contributed by atoms with E-state index in [4.69, 9.17) is 0 Å². The second-order valence-electron chi connectivity index (χ2n) is 5.07. The van der Waals surface area contributed by atoms with Gasteiger partial charge in [-0.1, -0.05) is 6.07 Å². The number of benzene rings is 1. The van der Waals surface area contributed by atoms with E-state index in [-0.39, 0.29) is 11.6 Å². The second-order valence-corrected chi connectivity index (χ2v) is 5.07. The van der Waals surface area contributed by atoms with E-state index in [0.29, 0.717) is 11.1 Å². The Bertz CT molecular complexity index is 713. The summed E-state index contributed by atoms with van der Waals surface area (Å²) in [6, 6.07) is 6.70. The first kappa shape index (κ1) is 13.6. The number of pyridine rings is 1. The summed E-state index contributed by atoms with van der Waals surface area (Å²) in [7, 11) is 0. The Kier molecular flexibility index (Phi) is 2.79. The van der Waals surface area contributed by atoms with Crippen molar-refractivity contribution >= 4 is 11.6 Å². The molecule has 0 fully saturated rings. The highest BCUT2D eigenvalue weighted by atomic mass is 19.4. The fourth-order valence-corrected chi connectivity index (χ4v) is 2.60. The Labute approximate surface area is 118 Å². The largest absolute Gasteiger partial charge is 0.416 e. The van der Waals surface area contributed by atoms with Gasteiger partial charge in [-0.3, -0.25) is 9.78 Å². The van der Waals surface area contributed by atoms with Gasteiger partial charge in [0.1, 0.15) is 0 Å². The predicted octanol–water partition coefficient (Wildman–Crippen LogP) is 3.36. The zero-order chi connectivity index (χ0) is 15.3. The summed E-state index contributed by atoms with van der Waals surface area (Å²) in [4.78, 5) is 16.2. The normalized spacial score (nSPS) is 21.0. The van der Waals surface area contributed by atoms with Crippen molar-refractivity contribution in [3.63, 3.8) is 0 Å². The van der Waals surface area contributed by atoms with Crippen molar-refractivity contribution in [3.05, 3.63) is 59.4 Å². The Hall–Kier alpha value is -2.37. The van der Waals surface area contributed by atoms with Crippen LogP contribution in [0.2, 0.25) is 0 Å². The Morgan fingerprint density at radius 3 is 2.43 bits per heavy atom. The lowest BCUT2D eigenvalue weighted by atomic mass is 9.77. The molecule has 108 valence electrons. The molecule has 6 heteroatoms. The number of nitrogens with one attached hydrogen (secondary N) is 1. The first-order valence-electron chi connectivity index (χ1n) is 6.27. The summed E-state index contributed by atoms with van der Waals surface area (Å²) < 4.78 is 38.2. The van der Waals surface area contributed by atoms with Gasteiger partial charge in [0.15, 0.2) is 0 Å².